The highest BCUT2D eigenvalue weighted by atomic mass is 32.2. The third-order valence-corrected chi connectivity index (χ3v) is 5.36. The van der Waals surface area contributed by atoms with E-state index in [0.29, 0.717) is 11.4 Å². The van der Waals surface area contributed by atoms with Crippen LogP contribution in [-0.4, -0.2) is 15.5 Å². The van der Waals surface area contributed by atoms with Gasteiger partial charge in [0.1, 0.15) is 0 Å². The Labute approximate surface area is 126 Å². The lowest BCUT2D eigenvalue weighted by Crippen LogP contribution is -2.27. The van der Waals surface area contributed by atoms with Crippen molar-refractivity contribution in [2.45, 2.75) is 25.7 Å². The van der Waals surface area contributed by atoms with Crippen LogP contribution in [0.3, 0.4) is 0 Å². The fraction of sp³-hybridized carbons (Fsp3) is 0.250. The second kappa shape index (κ2) is 5.41. The van der Waals surface area contributed by atoms with E-state index in [9.17, 15) is 8.42 Å². The average molecular weight is 304 g/mol. The van der Waals surface area contributed by atoms with Gasteiger partial charge >= 0.3 is 0 Å². The summed E-state index contributed by atoms with van der Waals surface area (Å²) in [7, 11) is -2.02. The first-order valence-corrected chi connectivity index (χ1v) is 8.10. The number of benzene rings is 2. The number of sulfonamides is 1. The molecule has 0 saturated heterocycles. The Bertz CT molecular complexity index is 783. The minimum absolute atomic E-state index is 0.247. The molecule has 112 valence electrons. The van der Waals surface area contributed by atoms with Gasteiger partial charge in [-0.25, -0.2) is 8.42 Å². The Hall–Kier alpha value is -2.01. The molecule has 0 aliphatic heterocycles. The molecule has 0 amide bonds. The minimum atomic E-state index is -3.59. The molecule has 21 heavy (non-hydrogen) atoms. The van der Waals surface area contributed by atoms with Crippen molar-refractivity contribution in [3.8, 4) is 0 Å². The molecular formula is C16H20N2O2S. The molecule has 0 saturated carbocycles. The summed E-state index contributed by atoms with van der Waals surface area (Å²) in [5, 5.41) is 0. The van der Waals surface area contributed by atoms with E-state index in [0.717, 1.165) is 16.7 Å². The molecule has 0 bridgehead atoms. The number of anilines is 2. The Balaban J connectivity index is 2.49. The van der Waals surface area contributed by atoms with Gasteiger partial charge in [-0.1, -0.05) is 17.7 Å². The number of nitrogens with two attached hydrogens (primary N) is 1. The van der Waals surface area contributed by atoms with E-state index >= 15 is 0 Å². The summed E-state index contributed by atoms with van der Waals surface area (Å²) in [5.74, 6) is 0. The molecule has 0 fully saturated rings. The Morgan fingerprint density at radius 2 is 1.62 bits per heavy atom. The quantitative estimate of drug-likeness (QED) is 0.887. The molecule has 2 aromatic carbocycles. The van der Waals surface area contributed by atoms with Crippen LogP contribution in [0.5, 0.6) is 0 Å². The number of rotatable bonds is 3. The summed E-state index contributed by atoms with van der Waals surface area (Å²) in [6.07, 6.45) is 0. The molecule has 2 N–H and O–H groups in total. The molecule has 0 aliphatic rings. The molecule has 4 nitrogen and oxygen atoms in total. The highest BCUT2D eigenvalue weighted by Crippen LogP contribution is 2.27. The highest BCUT2D eigenvalue weighted by Gasteiger charge is 2.22. The van der Waals surface area contributed by atoms with Crippen molar-refractivity contribution < 1.29 is 8.42 Å². The first-order chi connectivity index (χ1) is 9.73. The molecule has 0 unspecified atom stereocenters. The predicted octanol–water partition coefficient (Wildman–Crippen LogP) is 3.02. The van der Waals surface area contributed by atoms with Crippen molar-refractivity contribution in [2.24, 2.45) is 0 Å². The molecule has 0 atom stereocenters. The lowest BCUT2D eigenvalue weighted by Gasteiger charge is -2.22. The molecule has 0 spiro atoms. The van der Waals surface area contributed by atoms with Crippen LogP contribution in [0.2, 0.25) is 0 Å². The lowest BCUT2D eigenvalue weighted by atomic mass is 10.1. The van der Waals surface area contributed by atoms with Crippen LogP contribution in [0.15, 0.2) is 41.3 Å². The maximum Gasteiger partial charge on any atom is 0.264 e. The smallest absolute Gasteiger partial charge is 0.264 e. The summed E-state index contributed by atoms with van der Waals surface area (Å²) in [5.41, 5.74) is 9.79. The monoisotopic (exact) mass is 304 g/mol. The molecule has 0 heterocycles. The second-order valence-electron chi connectivity index (χ2n) is 5.28. The van der Waals surface area contributed by atoms with Crippen LogP contribution in [0, 0.1) is 20.8 Å². The van der Waals surface area contributed by atoms with Crippen molar-refractivity contribution in [3.05, 3.63) is 53.1 Å². The number of hydrogen-bond donors (Lipinski definition) is 1. The standard InChI is InChI=1S/C16H20N2O2S/c1-11-5-8-16(13(3)9-11)18(4)21(19,20)14-6-7-15(17)12(2)10-14/h5-10H,17H2,1-4H3. The van der Waals surface area contributed by atoms with Crippen LogP contribution in [-0.2, 0) is 10.0 Å². The lowest BCUT2D eigenvalue weighted by molar-refractivity contribution is 0.594. The van der Waals surface area contributed by atoms with Crippen LogP contribution < -0.4 is 10.0 Å². The van der Waals surface area contributed by atoms with Crippen molar-refractivity contribution in [2.75, 3.05) is 17.1 Å². The minimum Gasteiger partial charge on any atom is -0.399 e. The van der Waals surface area contributed by atoms with Crippen molar-refractivity contribution in [3.63, 3.8) is 0 Å². The van der Waals surface area contributed by atoms with Crippen LogP contribution in [0.4, 0.5) is 11.4 Å². The molecule has 0 aromatic heterocycles. The molecule has 5 heteroatoms. The second-order valence-corrected chi connectivity index (χ2v) is 7.25. The molecule has 2 rings (SSSR count). The fourth-order valence-corrected chi connectivity index (χ4v) is 3.60. The van der Waals surface area contributed by atoms with Gasteiger partial charge in [0.05, 0.1) is 10.6 Å². The van der Waals surface area contributed by atoms with E-state index in [4.69, 9.17) is 5.73 Å². The largest absolute Gasteiger partial charge is 0.399 e. The molecular weight excluding hydrogens is 284 g/mol. The summed E-state index contributed by atoms with van der Waals surface area (Å²) in [4.78, 5) is 0.247. The van der Waals surface area contributed by atoms with Gasteiger partial charge in [-0.3, -0.25) is 4.31 Å². The molecule has 2 aromatic rings. The predicted molar refractivity (Wildman–Crippen MR) is 87.1 cm³/mol. The van der Waals surface area contributed by atoms with Gasteiger partial charge in [0.25, 0.3) is 10.0 Å². The molecule has 0 radical (unpaired) electrons. The zero-order chi connectivity index (χ0) is 15.8. The van der Waals surface area contributed by atoms with E-state index in [1.807, 2.05) is 32.0 Å². The molecule has 0 aliphatic carbocycles. The number of aryl methyl sites for hydroxylation is 3. The van der Waals surface area contributed by atoms with Gasteiger partial charge in [-0.15, -0.1) is 0 Å². The van der Waals surface area contributed by atoms with E-state index in [2.05, 4.69) is 0 Å². The van der Waals surface area contributed by atoms with E-state index < -0.39 is 10.0 Å². The number of hydrogen-bond acceptors (Lipinski definition) is 3. The SMILES string of the molecule is Cc1ccc(N(C)S(=O)(=O)c2ccc(N)c(C)c2)c(C)c1. The topological polar surface area (TPSA) is 63.4 Å². The third kappa shape index (κ3) is 2.88. The summed E-state index contributed by atoms with van der Waals surface area (Å²) in [6.45, 7) is 5.68. The van der Waals surface area contributed by atoms with Gasteiger partial charge in [-0.2, -0.15) is 0 Å². The van der Waals surface area contributed by atoms with Gasteiger partial charge in [0, 0.05) is 12.7 Å². The van der Waals surface area contributed by atoms with Crippen molar-refractivity contribution >= 4 is 21.4 Å². The van der Waals surface area contributed by atoms with Crippen LogP contribution in [0.1, 0.15) is 16.7 Å². The van der Waals surface area contributed by atoms with Gasteiger partial charge in [0.15, 0.2) is 0 Å². The van der Waals surface area contributed by atoms with Crippen molar-refractivity contribution in [1.82, 2.24) is 0 Å². The first-order valence-electron chi connectivity index (χ1n) is 6.66. The third-order valence-electron chi connectivity index (χ3n) is 3.59. The summed E-state index contributed by atoms with van der Waals surface area (Å²) < 4.78 is 26.7. The van der Waals surface area contributed by atoms with E-state index in [1.165, 1.54) is 10.4 Å². The van der Waals surface area contributed by atoms with Crippen molar-refractivity contribution in [1.29, 1.82) is 0 Å². The van der Waals surface area contributed by atoms with E-state index in [1.54, 1.807) is 26.1 Å². The van der Waals surface area contributed by atoms with Gasteiger partial charge in [0.2, 0.25) is 0 Å². The Morgan fingerprint density at radius 1 is 0.952 bits per heavy atom. The average Bonchev–Trinajstić information content (AvgIpc) is 2.41. The highest BCUT2D eigenvalue weighted by molar-refractivity contribution is 7.92. The Morgan fingerprint density at radius 3 is 2.19 bits per heavy atom. The maximum atomic E-state index is 12.7. The normalized spacial score (nSPS) is 11.4. The fourth-order valence-electron chi connectivity index (χ4n) is 2.25. The Kier molecular flexibility index (Phi) is 3.96. The van der Waals surface area contributed by atoms with Gasteiger partial charge in [-0.05, 0) is 56.2 Å². The zero-order valence-electron chi connectivity index (χ0n) is 12.7. The number of nitrogen functional groups attached to an aromatic ring is 1. The van der Waals surface area contributed by atoms with E-state index in [-0.39, 0.29) is 4.90 Å². The van der Waals surface area contributed by atoms with Crippen LogP contribution >= 0.6 is 0 Å². The zero-order valence-corrected chi connectivity index (χ0v) is 13.5. The summed E-state index contributed by atoms with van der Waals surface area (Å²) in [6, 6.07) is 10.5. The maximum absolute atomic E-state index is 12.7. The summed E-state index contributed by atoms with van der Waals surface area (Å²) >= 11 is 0. The van der Waals surface area contributed by atoms with Crippen LogP contribution in [0.25, 0.3) is 0 Å². The number of nitrogens with zero attached hydrogens (tertiary/aromatic N) is 1. The first kappa shape index (κ1) is 15.4. The van der Waals surface area contributed by atoms with Gasteiger partial charge < -0.3 is 5.73 Å².